The number of nitrogens with zero attached hydrogens (tertiary/aromatic N) is 4. The summed E-state index contributed by atoms with van der Waals surface area (Å²) in [5, 5.41) is 0. The maximum Gasteiger partial charge on any atom is 0.256 e. The number of rotatable bonds is 0. The van der Waals surface area contributed by atoms with E-state index in [-0.39, 0.29) is 18.1 Å². The van der Waals surface area contributed by atoms with E-state index in [0.717, 1.165) is 0 Å². The van der Waals surface area contributed by atoms with Gasteiger partial charge in [-0.3, -0.25) is 12.9 Å². The molecule has 0 spiro atoms. The van der Waals surface area contributed by atoms with Gasteiger partial charge in [-0.15, -0.1) is 0 Å². The molecule has 0 saturated heterocycles. The third kappa shape index (κ3) is 1.01. The van der Waals surface area contributed by atoms with Crippen molar-refractivity contribution in [3.63, 3.8) is 0 Å². The van der Waals surface area contributed by atoms with Gasteiger partial charge in [-0.25, -0.2) is 4.99 Å². The second kappa shape index (κ2) is 2.68. The van der Waals surface area contributed by atoms with E-state index in [9.17, 15) is 4.79 Å². The Morgan fingerprint density at radius 1 is 1.50 bits per heavy atom. The van der Waals surface area contributed by atoms with E-state index >= 15 is 0 Å². The summed E-state index contributed by atoms with van der Waals surface area (Å²) in [4.78, 5) is 21.1. The van der Waals surface area contributed by atoms with Crippen LogP contribution in [0.2, 0.25) is 0 Å². The molecule has 6 heteroatoms. The molecule has 0 aromatic heterocycles. The van der Waals surface area contributed by atoms with Crippen LogP contribution in [0.3, 0.4) is 0 Å². The van der Waals surface area contributed by atoms with Gasteiger partial charge in [-0.2, -0.15) is 0 Å². The highest BCUT2D eigenvalue weighted by atomic mass is 127. The quantitative estimate of drug-likeness (QED) is 0.458. The highest BCUT2D eigenvalue weighted by molar-refractivity contribution is 14.1. The molecule has 5 nitrogen and oxygen atoms in total. The van der Waals surface area contributed by atoms with E-state index in [0.29, 0.717) is 0 Å². The number of aliphatic imine (C=N–C) groups is 2. The van der Waals surface area contributed by atoms with E-state index in [1.807, 2.05) is 3.11 Å². The molecule has 0 aromatic rings. The number of likely N-dealkylation sites (N-methyl/N-ethyl adjacent to an activating group) is 1. The fourth-order valence-corrected chi connectivity index (χ4v) is 1.78. The third-order valence-electron chi connectivity index (χ3n) is 1.87. The Morgan fingerprint density at radius 2 is 2.25 bits per heavy atom. The minimum atomic E-state index is -0.336. The van der Waals surface area contributed by atoms with Crippen molar-refractivity contribution >= 4 is 41.4 Å². The Bertz CT molecular complexity index is 277. The second-order valence-corrected chi connectivity index (χ2v) is 3.80. The molecule has 0 radical (unpaired) electrons. The van der Waals surface area contributed by atoms with Gasteiger partial charge in [-0.05, 0) is 0 Å². The Kier molecular flexibility index (Phi) is 1.78. The lowest BCUT2D eigenvalue weighted by molar-refractivity contribution is -0.128. The first kappa shape index (κ1) is 7.96. The van der Waals surface area contributed by atoms with Crippen molar-refractivity contribution in [3.05, 3.63) is 0 Å². The molecule has 0 aliphatic carbocycles. The summed E-state index contributed by atoms with van der Waals surface area (Å²) < 4.78 is 1.81. The van der Waals surface area contributed by atoms with Crippen LogP contribution in [0.1, 0.15) is 0 Å². The summed E-state index contributed by atoms with van der Waals surface area (Å²) >= 11 is 2.08. The molecule has 1 amide bonds. The van der Waals surface area contributed by atoms with Crippen molar-refractivity contribution < 1.29 is 4.79 Å². The largest absolute Gasteiger partial charge is 0.304 e. The molecule has 0 N–H and O–H groups in total. The fourth-order valence-electron chi connectivity index (χ4n) is 1.19. The zero-order chi connectivity index (χ0) is 8.72. The molecule has 0 fully saturated rings. The summed E-state index contributed by atoms with van der Waals surface area (Å²) in [6, 6.07) is -0.336. The molecule has 64 valence electrons. The normalized spacial score (nSPS) is 33.0. The lowest BCUT2D eigenvalue weighted by Crippen LogP contribution is -2.46. The van der Waals surface area contributed by atoms with Crippen molar-refractivity contribution in [2.45, 2.75) is 12.2 Å². The van der Waals surface area contributed by atoms with Crippen LogP contribution in [-0.4, -0.2) is 45.9 Å². The monoisotopic (exact) mass is 278 g/mol. The summed E-state index contributed by atoms with van der Waals surface area (Å²) in [5.41, 5.74) is 0. The molecule has 2 atom stereocenters. The van der Waals surface area contributed by atoms with E-state index in [2.05, 4.69) is 32.8 Å². The smallest absolute Gasteiger partial charge is 0.256 e. The zero-order valence-electron chi connectivity index (χ0n) is 6.38. The molecule has 2 unspecified atom stereocenters. The first-order chi connectivity index (χ1) is 5.70. The van der Waals surface area contributed by atoms with Gasteiger partial charge in [-0.1, -0.05) is 0 Å². The average molecular weight is 278 g/mol. The summed E-state index contributed by atoms with van der Waals surface area (Å²) in [7, 11) is 1.69. The summed E-state index contributed by atoms with van der Waals surface area (Å²) in [5.74, 6) is 0.00501. The van der Waals surface area contributed by atoms with Crippen LogP contribution in [0, 0.1) is 0 Å². The van der Waals surface area contributed by atoms with Gasteiger partial charge in [0.1, 0.15) is 0 Å². The first-order valence-corrected chi connectivity index (χ1v) is 4.44. The molecule has 2 aliphatic rings. The number of carbonyl (C=O) groups is 1. The number of carbonyl (C=O) groups excluding carboxylic acids is 1. The lowest BCUT2D eigenvalue weighted by Gasteiger charge is -2.25. The Morgan fingerprint density at radius 3 is 3.00 bits per heavy atom. The van der Waals surface area contributed by atoms with Gasteiger partial charge >= 0.3 is 0 Å². The molecule has 12 heavy (non-hydrogen) atoms. The molecule has 0 bridgehead atoms. The average Bonchev–Trinajstić information content (AvgIpc) is 2.41. The molecule has 2 rings (SSSR count). The number of amides is 1. The molecule has 0 saturated carbocycles. The van der Waals surface area contributed by atoms with Crippen LogP contribution in [0.4, 0.5) is 0 Å². The van der Waals surface area contributed by atoms with Gasteiger partial charge in [0.2, 0.25) is 0 Å². The number of hydrogen-bond donors (Lipinski definition) is 0. The predicted octanol–water partition coefficient (Wildman–Crippen LogP) is -0.125. The van der Waals surface area contributed by atoms with Gasteiger partial charge in [0.05, 0.1) is 35.5 Å². The minimum Gasteiger partial charge on any atom is -0.304 e. The topological polar surface area (TPSA) is 48.3 Å². The van der Waals surface area contributed by atoms with Crippen molar-refractivity contribution in [1.29, 1.82) is 0 Å². The van der Waals surface area contributed by atoms with E-state index in [4.69, 9.17) is 0 Å². The van der Waals surface area contributed by atoms with E-state index in [1.54, 1.807) is 19.7 Å². The highest BCUT2D eigenvalue weighted by Crippen LogP contribution is 2.22. The van der Waals surface area contributed by atoms with Crippen LogP contribution in [0.15, 0.2) is 9.98 Å². The summed E-state index contributed by atoms with van der Waals surface area (Å²) in [6.07, 6.45) is 3.06. The van der Waals surface area contributed by atoms with Crippen LogP contribution in [0.25, 0.3) is 0 Å². The van der Waals surface area contributed by atoms with Crippen LogP contribution in [-0.2, 0) is 4.79 Å². The molecular weight excluding hydrogens is 271 g/mol. The number of hydrogen-bond acceptors (Lipinski definition) is 4. The predicted molar refractivity (Wildman–Crippen MR) is 53.2 cm³/mol. The van der Waals surface area contributed by atoms with Crippen LogP contribution in [0.5, 0.6) is 0 Å². The Balaban J connectivity index is 2.31. The second-order valence-electron chi connectivity index (χ2n) is 2.68. The SMILES string of the molecule is CN1C=NC2C(N=CN2I)C1=O. The standard InChI is InChI=1S/C6H7IN4O/c1-10-2-9-5-4(6(10)12)8-3-11(5)7/h2-5H,1H3. The fraction of sp³-hybridized carbons (Fsp3) is 0.500. The number of fused-ring (bicyclic) bond motifs is 1. The zero-order valence-corrected chi connectivity index (χ0v) is 8.54. The van der Waals surface area contributed by atoms with Crippen molar-refractivity contribution in [1.82, 2.24) is 8.01 Å². The molecule has 0 aromatic carbocycles. The molecule has 2 heterocycles. The lowest BCUT2D eigenvalue weighted by atomic mass is 10.2. The van der Waals surface area contributed by atoms with Gasteiger partial charge in [0.15, 0.2) is 12.2 Å². The van der Waals surface area contributed by atoms with Crippen molar-refractivity contribution in [2.75, 3.05) is 7.05 Å². The Hall–Kier alpha value is -0.660. The van der Waals surface area contributed by atoms with E-state index in [1.165, 1.54) is 4.90 Å². The van der Waals surface area contributed by atoms with Crippen molar-refractivity contribution in [3.8, 4) is 0 Å². The third-order valence-corrected chi connectivity index (χ3v) is 2.69. The van der Waals surface area contributed by atoms with Crippen LogP contribution >= 0.6 is 22.9 Å². The maximum atomic E-state index is 11.4. The Labute approximate surface area is 83.6 Å². The van der Waals surface area contributed by atoms with Gasteiger partial charge in [0, 0.05) is 7.05 Å². The van der Waals surface area contributed by atoms with Crippen molar-refractivity contribution in [2.24, 2.45) is 9.98 Å². The van der Waals surface area contributed by atoms with Gasteiger partial charge in [0.25, 0.3) is 5.91 Å². The minimum absolute atomic E-state index is 0.00501. The highest BCUT2D eigenvalue weighted by Gasteiger charge is 2.38. The van der Waals surface area contributed by atoms with Gasteiger partial charge < -0.3 is 4.90 Å². The molecular formula is C6H7IN4O. The summed E-state index contributed by atoms with van der Waals surface area (Å²) in [6.45, 7) is 0. The maximum absolute atomic E-state index is 11.4. The first-order valence-electron chi connectivity index (χ1n) is 3.47. The molecule has 2 aliphatic heterocycles. The van der Waals surface area contributed by atoms with Crippen LogP contribution < -0.4 is 0 Å². The number of halogens is 1. The van der Waals surface area contributed by atoms with E-state index < -0.39 is 0 Å².